The fourth-order valence-corrected chi connectivity index (χ4v) is 1.85. The third-order valence-electron chi connectivity index (χ3n) is 2.86. The van der Waals surface area contributed by atoms with E-state index >= 15 is 0 Å². The molecule has 0 saturated heterocycles. The normalized spacial score (nSPS) is 10.7. The van der Waals surface area contributed by atoms with Crippen LogP contribution in [-0.2, 0) is 7.05 Å². The number of hydrogen-bond donors (Lipinski definition) is 2. The summed E-state index contributed by atoms with van der Waals surface area (Å²) in [5, 5.41) is 3.85. The Morgan fingerprint density at radius 2 is 2.28 bits per heavy atom. The molecule has 3 aromatic rings. The number of imidazole rings is 1. The number of carbonyl (C=O) groups is 1. The summed E-state index contributed by atoms with van der Waals surface area (Å²) in [5.74, 6) is 0.368. The van der Waals surface area contributed by atoms with Crippen LogP contribution < -0.4 is 5.32 Å². The van der Waals surface area contributed by atoms with Gasteiger partial charge in [0.25, 0.3) is 5.91 Å². The quantitative estimate of drug-likeness (QED) is 0.721. The Morgan fingerprint density at radius 3 is 3.06 bits per heavy atom. The van der Waals surface area contributed by atoms with Crippen molar-refractivity contribution in [1.82, 2.24) is 14.5 Å². The molecule has 1 aromatic carbocycles. The Morgan fingerprint density at radius 1 is 1.39 bits per heavy atom. The lowest BCUT2D eigenvalue weighted by molar-refractivity contribution is 0.102. The van der Waals surface area contributed by atoms with E-state index in [0.717, 1.165) is 10.9 Å². The Balaban J connectivity index is 1.89. The highest BCUT2D eigenvalue weighted by atomic mass is 16.1. The second kappa shape index (κ2) is 4.03. The summed E-state index contributed by atoms with van der Waals surface area (Å²) in [6, 6.07) is 7.51. The van der Waals surface area contributed by atoms with Gasteiger partial charge in [-0.25, -0.2) is 4.98 Å². The maximum absolute atomic E-state index is 12.1. The Bertz CT molecular complexity index is 710. The van der Waals surface area contributed by atoms with E-state index < -0.39 is 0 Å². The molecule has 5 nitrogen and oxygen atoms in total. The molecule has 2 aromatic heterocycles. The van der Waals surface area contributed by atoms with E-state index in [1.165, 1.54) is 0 Å². The number of hydrogen-bond acceptors (Lipinski definition) is 2. The van der Waals surface area contributed by atoms with E-state index in [1.54, 1.807) is 23.0 Å². The molecule has 2 heterocycles. The van der Waals surface area contributed by atoms with Crippen molar-refractivity contribution in [2.45, 2.75) is 0 Å². The maximum atomic E-state index is 12.1. The number of aromatic nitrogens is 3. The SMILES string of the molecule is Cn1ccnc1NC(=O)c1ccc2cc[nH]c2c1. The van der Waals surface area contributed by atoms with Crippen LogP contribution >= 0.6 is 0 Å². The fourth-order valence-electron chi connectivity index (χ4n) is 1.85. The Hall–Kier alpha value is -2.56. The molecule has 0 spiro atoms. The molecule has 0 atom stereocenters. The van der Waals surface area contributed by atoms with E-state index in [1.807, 2.05) is 31.4 Å². The van der Waals surface area contributed by atoms with E-state index in [2.05, 4.69) is 15.3 Å². The first kappa shape index (κ1) is 10.6. The molecule has 0 radical (unpaired) electrons. The number of nitrogens with zero attached hydrogens (tertiary/aromatic N) is 2. The molecular formula is C13H12N4O. The number of carbonyl (C=O) groups excluding carboxylic acids is 1. The third-order valence-corrected chi connectivity index (χ3v) is 2.86. The number of nitrogens with one attached hydrogen (secondary N) is 2. The van der Waals surface area contributed by atoms with E-state index in [9.17, 15) is 4.79 Å². The molecule has 2 N–H and O–H groups in total. The molecule has 0 bridgehead atoms. The first-order valence-electron chi connectivity index (χ1n) is 5.60. The molecule has 90 valence electrons. The summed E-state index contributed by atoms with van der Waals surface area (Å²) in [6.45, 7) is 0. The van der Waals surface area contributed by atoms with Crippen LogP contribution in [-0.4, -0.2) is 20.4 Å². The summed E-state index contributed by atoms with van der Waals surface area (Å²) in [4.78, 5) is 19.2. The van der Waals surface area contributed by atoms with E-state index in [0.29, 0.717) is 11.5 Å². The van der Waals surface area contributed by atoms with E-state index in [4.69, 9.17) is 0 Å². The smallest absolute Gasteiger partial charge is 0.258 e. The van der Waals surface area contributed by atoms with Crippen LogP contribution in [0.5, 0.6) is 0 Å². The maximum Gasteiger partial charge on any atom is 0.258 e. The molecule has 5 heteroatoms. The third kappa shape index (κ3) is 1.75. The monoisotopic (exact) mass is 240 g/mol. The Kier molecular flexibility index (Phi) is 2.37. The standard InChI is InChI=1S/C13H12N4O/c1-17-7-6-15-13(17)16-12(18)10-3-2-9-4-5-14-11(9)8-10/h2-8,14H,1H3,(H,15,16,18). The lowest BCUT2D eigenvalue weighted by atomic mass is 10.1. The van der Waals surface area contributed by atoms with Gasteiger partial charge in [-0.05, 0) is 23.6 Å². The van der Waals surface area contributed by atoms with Gasteiger partial charge in [-0.2, -0.15) is 0 Å². The molecule has 0 aliphatic heterocycles. The summed E-state index contributed by atoms with van der Waals surface area (Å²) >= 11 is 0. The van der Waals surface area contributed by atoms with Gasteiger partial charge in [-0.3, -0.25) is 10.1 Å². The zero-order valence-electron chi connectivity index (χ0n) is 9.84. The predicted octanol–water partition coefficient (Wildman–Crippen LogP) is 2.15. The van der Waals surface area contributed by atoms with Crippen molar-refractivity contribution in [1.29, 1.82) is 0 Å². The number of fused-ring (bicyclic) bond motifs is 1. The average molecular weight is 240 g/mol. The summed E-state index contributed by atoms with van der Waals surface area (Å²) in [6.07, 6.45) is 5.28. The van der Waals surface area contributed by atoms with Crippen LogP contribution in [0.15, 0.2) is 42.9 Å². The lowest BCUT2D eigenvalue weighted by Gasteiger charge is -2.04. The minimum absolute atomic E-state index is 0.166. The van der Waals surface area contributed by atoms with Crippen LogP contribution in [0.3, 0.4) is 0 Å². The second-order valence-corrected chi connectivity index (χ2v) is 4.10. The first-order valence-corrected chi connectivity index (χ1v) is 5.60. The highest BCUT2D eigenvalue weighted by Gasteiger charge is 2.09. The predicted molar refractivity (Wildman–Crippen MR) is 69.5 cm³/mol. The van der Waals surface area contributed by atoms with Crippen molar-refractivity contribution in [3.63, 3.8) is 0 Å². The highest BCUT2D eigenvalue weighted by molar-refractivity contribution is 6.05. The fraction of sp³-hybridized carbons (Fsp3) is 0.0769. The molecule has 0 aliphatic rings. The summed E-state index contributed by atoms with van der Waals surface area (Å²) in [7, 11) is 1.83. The number of rotatable bonds is 2. The number of amides is 1. The van der Waals surface area contributed by atoms with Gasteiger partial charge in [0.15, 0.2) is 0 Å². The minimum atomic E-state index is -0.166. The second-order valence-electron chi connectivity index (χ2n) is 4.10. The van der Waals surface area contributed by atoms with Crippen molar-refractivity contribution >= 4 is 22.8 Å². The van der Waals surface area contributed by atoms with Crippen molar-refractivity contribution in [3.05, 3.63) is 48.4 Å². The number of benzene rings is 1. The average Bonchev–Trinajstić information content (AvgIpc) is 2.98. The van der Waals surface area contributed by atoms with E-state index in [-0.39, 0.29) is 5.91 Å². The van der Waals surface area contributed by atoms with Gasteiger partial charge in [0.1, 0.15) is 0 Å². The number of aromatic amines is 1. The molecule has 0 unspecified atom stereocenters. The summed E-state index contributed by atoms with van der Waals surface area (Å²) < 4.78 is 1.76. The molecular weight excluding hydrogens is 228 g/mol. The number of H-pyrrole nitrogens is 1. The lowest BCUT2D eigenvalue weighted by Crippen LogP contribution is -2.14. The van der Waals surface area contributed by atoms with Gasteiger partial charge in [-0.15, -0.1) is 0 Å². The molecule has 0 fully saturated rings. The van der Waals surface area contributed by atoms with Gasteiger partial charge in [-0.1, -0.05) is 6.07 Å². The molecule has 18 heavy (non-hydrogen) atoms. The molecule has 0 aliphatic carbocycles. The summed E-state index contributed by atoms with van der Waals surface area (Å²) in [5.41, 5.74) is 1.55. The highest BCUT2D eigenvalue weighted by Crippen LogP contribution is 2.15. The first-order chi connectivity index (χ1) is 8.74. The largest absolute Gasteiger partial charge is 0.361 e. The molecule has 0 saturated carbocycles. The van der Waals surface area contributed by atoms with Crippen LogP contribution in [0.2, 0.25) is 0 Å². The van der Waals surface area contributed by atoms with Crippen LogP contribution in [0.4, 0.5) is 5.95 Å². The molecule has 3 rings (SSSR count). The minimum Gasteiger partial charge on any atom is -0.361 e. The number of anilines is 1. The van der Waals surface area contributed by atoms with Gasteiger partial charge < -0.3 is 9.55 Å². The zero-order valence-corrected chi connectivity index (χ0v) is 9.84. The zero-order chi connectivity index (χ0) is 12.5. The Labute approximate surface area is 103 Å². The molecule has 1 amide bonds. The van der Waals surface area contributed by atoms with Crippen molar-refractivity contribution in [2.75, 3.05) is 5.32 Å². The van der Waals surface area contributed by atoms with Crippen molar-refractivity contribution < 1.29 is 4.79 Å². The van der Waals surface area contributed by atoms with Crippen LogP contribution in [0, 0.1) is 0 Å². The van der Waals surface area contributed by atoms with Gasteiger partial charge >= 0.3 is 0 Å². The van der Waals surface area contributed by atoms with Crippen molar-refractivity contribution in [2.24, 2.45) is 7.05 Å². The number of aryl methyl sites for hydroxylation is 1. The van der Waals surface area contributed by atoms with Crippen molar-refractivity contribution in [3.8, 4) is 0 Å². The van der Waals surface area contributed by atoms with Gasteiger partial charge in [0, 0.05) is 36.7 Å². The van der Waals surface area contributed by atoms with Crippen LogP contribution in [0.25, 0.3) is 10.9 Å². The van der Waals surface area contributed by atoms with Gasteiger partial charge in [0.2, 0.25) is 5.95 Å². The van der Waals surface area contributed by atoms with Crippen LogP contribution in [0.1, 0.15) is 10.4 Å². The topological polar surface area (TPSA) is 62.7 Å². The van der Waals surface area contributed by atoms with Gasteiger partial charge in [0.05, 0.1) is 0 Å².